The van der Waals surface area contributed by atoms with Crippen molar-refractivity contribution in [1.29, 1.82) is 0 Å². The van der Waals surface area contributed by atoms with Gasteiger partial charge in [-0.05, 0) is 44.1 Å². The van der Waals surface area contributed by atoms with Gasteiger partial charge in [-0.25, -0.2) is 0 Å². The van der Waals surface area contributed by atoms with Gasteiger partial charge in [0.05, 0.1) is 0 Å². The third-order valence-corrected chi connectivity index (χ3v) is 5.33. The van der Waals surface area contributed by atoms with E-state index in [9.17, 15) is 9.59 Å². The van der Waals surface area contributed by atoms with E-state index in [0.717, 1.165) is 24.8 Å². The normalized spacial score (nSPS) is 36.5. The largest absolute Gasteiger partial charge is 0.458 e. The van der Waals surface area contributed by atoms with Crippen molar-refractivity contribution in [3.05, 3.63) is 23.3 Å². The predicted octanol–water partition coefficient (Wildman–Crippen LogP) is 3.95. The molecule has 4 heteroatoms. The van der Waals surface area contributed by atoms with Crippen LogP contribution in [0.5, 0.6) is 0 Å². The molecule has 4 nitrogen and oxygen atoms in total. The summed E-state index contributed by atoms with van der Waals surface area (Å²) in [6.07, 6.45) is 7.45. The van der Waals surface area contributed by atoms with Gasteiger partial charge in [0, 0.05) is 19.3 Å². The summed E-state index contributed by atoms with van der Waals surface area (Å²) >= 11 is 0. The van der Waals surface area contributed by atoms with Crippen molar-refractivity contribution in [2.45, 2.75) is 72.5 Å². The van der Waals surface area contributed by atoms with Gasteiger partial charge in [-0.2, -0.15) is 0 Å². The van der Waals surface area contributed by atoms with Crippen LogP contribution in [0.4, 0.5) is 0 Å². The fraction of sp³-hybridized carbons (Fsp3) is 0.684. The summed E-state index contributed by atoms with van der Waals surface area (Å²) in [5, 5.41) is 0. The molecule has 4 atom stereocenters. The van der Waals surface area contributed by atoms with Gasteiger partial charge in [0.1, 0.15) is 6.10 Å². The summed E-state index contributed by atoms with van der Waals surface area (Å²) in [5.41, 5.74) is 2.37. The molecule has 128 valence electrons. The van der Waals surface area contributed by atoms with E-state index in [1.54, 1.807) is 0 Å². The van der Waals surface area contributed by atoms with E-state index in [1.165, 1.54) is 19.4 Å². The topological polar surface area (TPSA) is 52.6 Å². The van der Waals surface area contributed by atoms with Crippen LogP contribution in [-0.4, -0.2) is 24.1 Å². The molecule has 0 heterocycles. The van der Waals surface area contributed by atoms with Crippen LogP contribution < -0.4 is 0 Å². The maximum atomic E-state index is 11.5. The van der Waals surface area contributed by atoms with Crippen molar-refractivity contribution in [3.8, 4) is 0 Å². The van der Waals surface area contributed by atoms with Gasteiger partial charge in [-0.15, -0.1) is 0 Å². The molecule has 0 unspecified atom stereocenters. The van der Waals surface area contributed by atoms with E-state index < -0.39 is 12.2 Å². The number of hydrogen-bond donors (Lipinski definition) is 0. The van der Waals surface area contributed by atoms with Crippen molar-refractivity contribution in [1.82, 2.24) is 0 Å². The van der Waals surface area contributed by atoms with Crippen LogP contribution in [0.15, 0.2) is 23.3 Å². The van der Waals surface area contributed by atoms with Crippen LogP contribution in [0.25, 0.3) is 0 Å². The lowest BCUT2D eigenvalue weighted by Crippen LogP contribution is -2.39. The van der Waals surface area contributed by atoms with Gasteiger partial charge in [0.25, 0.3) is 0 Å². The first-order valence-electron chi connectivity index (χ1n) is 8.47. The van der Waals surface area contributed by atoms with Crippen LogP contribution >= 0.6 is 0 Å². The van der Waals surface area contributed by atoms with Crippen molar-refractivity contribution in [2.24, 2.45) is 11.3 Å². The van der Waals surface area contributed by atoms with Gasteiger partial charge in [-0.3, -0.25) is 9.59 Å². The third kappa shape index (κ3) is 3.85. The molecule has 0 bridgehead atoms. The lowest BCUT2D eigenvalue weighted by Gasteiger charge is -2.42. The zero-order valence-electron chi connectivity index (χ0n) is 14.8. The minimum Gasteiger partial charge on any atom is -0.458 e. The van der Waals surface area contributed by atoms with Gasteiger partial charge < -0.3 is 9.47 Å². The molecule has 2 rings (SSSR count). The van der Waals surface area contributed by atoms with Crippen molar-refractivity contribution >= 4 is 11.9 Å². The highest BCUT2D eigenvalue weighted by Crippen LogP contribution is 2.47. The molecular formula is C19H28O4. The molecule has 0 aromatic carbocycles. The number of carbonyl (C=O) groups is 2. The summed E-state index contributed by atoms with van der Waals surface area (Å²) in [6.45, 7) is 9.31. The maximum absolute atomic E-state index is 11.5. The molecule has 2 aliphatic carbocycles. The molecule has 23 heavy (non-hydrogen) atoms. The number of ether oxygens (including phenoxy) is 2. The third-order valence-electron chi connectivity index (χ3n) is 5.33. The molecule has 0 radical (unpaired) electrons. The first kappa shape index (κ1) is 17.8. The fourth-order valence-corrected chi connectivity index (χ4v) is 3.93. The average molecular weight is 320 g/mol. The Hall–Kier alpha value is -1.58. The smallest absolute Gasteiger partial charge is 0.303 e. The summed E-state index contributed by atoms with van der Waals surface area (Å²) in [7, 11) is 0. The number of rotatable bonds is 2. The fourth-order valence-electron chi connectivity index (χ4n) is 3.93. The highest BCUT2D eigenvalue weighted by molar-refractivity contribution is 5.67. The molecule has 0 spiro atoms. The van der Waals surface area contributed by atoms with E-state index in [0.29, 0.717) is 12.3 Å². The minimum absolute atomic E-state index is 0.0120. The molecular weight excluding hydrogens is 292 g/mol. The van der Waals surface area contributed by atoms with Crippen molar-refractivity contribution in [2.75, 3.05) is 0 Å². The van der Waals surface area contributed by atoms with E-state index >= 15 is 0 Å². The Morgan fingerprint density at radius 3 is 2.43 bits per heavy atom. The molecule has 0 aromatic heterocycles. The van der Waals surface area contributed by atoms with Crippen molar-refractivity contribution < 1.29 is 19.1 Å². The molecule has 0 aliphatic heterocycles. The van der Waals surface area contributed by atoms with E-state index in [-0.39, 0.29) is 17.4 Å². The average Bonchev–Trinajstić information content (AvgIpc) is 2.43. The second-order valence-corrected chi connectivity index (χ2v) is 7.10. The Bertz CT molecular complexity index is 546. The minimum atomic E-state index is -0.496. The van der Waals surface area contributed by atoms with Crippen LogP contribution in [-0.2, 0) is 19.1 Å². The molecule has 0 N–H and O–H groups in total. The first-order chi connectivity index (χ1) is 10.7. The zero-order chi connectivity index (χ0) is 17.2. The highest BCUT2D eigenvalue weighted by atomic mass is 16.6. The van der Waals surface area contributed by atoms with Crippen molar-refractivity contribution in [3.63, 3.8) is 0 Å². The summed E-state index contributed by atoms with van der Waals surface area (Å²) in [5.74, 6) is -0.145. The van der Waals surface area contributed by atoms with E-state index in [4.69, 9.17) is 9.47 Å². The van der Waals surface area contributed by atoms with Crippen LogP contribution in [0, 0.1) is 11.3 Å². The Balaban J connectivity index is 2.42. The number of hydrogen-bond acceptors (Lipinski definition) is 4. The number of fused-ring (bicyclic) bond motifs is 1. The first-order valence-corrected chi connectivity index (χ1v) is 8.47. The second kappa shape index (κ2) is 6.90. The second-order valence-electron chi connectivity index (χ2n) is 7.10. The standard InChI is InChI=1S/C19H28O4/c1-12-11-19(5)13(2)7-6-8-16(19)9-10-17(22-14(3)20)18(12)23-15(4)21/h8,11,13,17-18H,6-7,9-10H2,1-5H3/b12-11-/t13-,17+,18-,19+/m0/s1. The molecule has 0 aromatic rings. The number of carbonyl (C=O) groups excluding carboxylic acids is 2. The predicted molar refractivity (Wildman–Crippen MR) is 88.7 cm³/mol. The molecule has 0 amide bonds. The number of allylic oxidation sites excluding steroid dienone is 3. The molecule has 2 aliphatic rings. The summed E-state index contributed by atoms with van der Waals surface area (Å²) < 4.78 is 11.0. The monoisotopic (exact) mass is 320 g/mol. The summed E-state index contributed by atoms with van der Waals surface area (Å²) in [6, 6.07) is 0. The zero-order valence-corrected chi connectivity index (χ0v) is 14.8. The van der Waals surface area contributed by atoms with Crippen LogP contribution in [0.2, 0.25) is 0 Å². The van der Waals surface area contributed by atoms with Gasteiger partial charge in [-0.1, -0.05) is 31.6 Å². The van der Waals surface area contributed by atoms with E-state index in [2.05, 4.69) is 26.0 Å². The molecule has 0 fully saturated rings. The van der Waals surface area contributed by atoms with Crippen LogP contribution in [0.3, 0.4) is 0 Å². The molecule has 0 saturated carbocycles. The van der Waals surface area contributed by atoms with Crippen LogP contribution in [0.1, 0.15) is 60.3 Å². The maximum Gasteiger partial charge on any atom is 0.303 e. The Labute approximate surface area is 138 Å². The van der Waals surface area contributed by atoms with Gasteiger partial charge >= 0.3 is 11.9 Å². The summed E-state index contributed by atoms with van der Waals surface area (Å²) in [4.78, 5) is 23.0. The SMILES string of the molecule is CC(=O)O[C@@H]1CCC2=CCC[C@H](C)[C@@]2(C)/C=C(/C)[C@@H]1OC(C)=O. The highest BCUT2D eigenvalue weighted by Gasteiger charge is 2.40. The van der Waals surface area contributed by atoms with Gasteiger partial charge in [0.15, 0.2) is 6.10 Å². The Kier molecular flexibility index (Phi) is 5.33. The number of esters is 2. The lowest BCUT2D eigenvalue weighted by atomic mass is 9.64. The van der Waals surface area contributed by atoms with E-state index in [1.807, 2.05) is 6.92 Å². The Morgan fingerprint density at radius 2 is 1.83 bits per heavy atom. The quantitative estimate of drug-likeness (QED) is 0.571. The van der Waals surface area contributed by atoms with Gasteiger partial charge in [0.2, 0.25) is 0 Å². The molecule has 0 saturated heterocycles. The lowest BCUT2D eigenvalue weighted by molar-refractivity contribution is -0.163. The Morgan fingerprint density at radius 1 is 1.17 bits per heavy atom.